The second kappa shape index (κ2) is 5.68. The number of rotatable bonds is 3. The number of hydrogen-bond donors (Lipinski definition) is 3. The fraction of sp³-hybridized carbons (Fsp3) is 0.500. The second-order valence-electron chi connectivity index (χ2n) is 4.41. The van der Waals surface area contributed by atoms with Crippen LogP contribution in [-0.4, -0.2) is 40.3 Å². The van der Waals surface area contributed by atoms with Crippen LogP contribution in [0.3, 0.4) is 0 Å². The summed E-state index contributed by atoms with van der Waals surface area (Å²) in [4.78, 5) is 6.20. The van der Waals surface area contributed by atoms with Gasteiger partial charge < -0.3 is 20.9 Å². The van der Waals surface area contributed by atoms with Crippen molar-refractivity contribution in [3.05, 3.63) is 24.0 Å². The van der Waals surface area contributed by atoms with Crippen molar-refractivity contribution in [1.29, 1.82) is 0 Å². The molecule has 0 saturated carbocycles. The molecule has 0 aromatic carbocycles. The Labute approximate surface area is 106 Å². The minimum absolute atomic E-state index is 0.00518. The minimum atomic E-state index is -0.00518. The van der Waals surface area contributed by atoms with E-state index in [1.807, 2.05) is 6.07 Å². The maximum Gasteiger partial charge on any atom is 0.188 e. The number of nitrogens with two attached hydrogens (primary N) is 1. The third-order valence-corrected chi connectivity index (χ3v) is 3.28. The second-order valence-corrected chi connectivity index (χ2v) is 4.41. The van der Waals surface area contributed by atoms with E-state index in [0.29, 0.717) is 5.69 Å². The molecule has 0 spiro atoms. The van der Waals surface area contributed by atoms with Crippen molar-refractivity contribution in [2.75, 3.05) is 18.1 Å². The SMILES string of the molecule is NC(=NO)c1cc(N2CCCCC2CO)ccn1. The number of aliphatic hydroxyl groups is 1. The summed E-state index contributed by atoms with van der Waals surface area (Å²) >= 11 is 0. The summed E-state index contributed by atoms with van der Waals surface area (Å²) < 4.78 is 0. The average molecular weight is 250 g/mol. The lowest BCUT2D eigenvalue weighted by Gasteiger charge is -2.36. The number of hydrogen-bond acceptors (Lipinski definition) is 5. The van der Waals surface area contributed by atoms with E-state index in [9.17, 15) is 5.11 Å². The molecule has 6 heteroatoms. The third kappa shape index (κ3) is 2.53. The molecule has 1 aromatic heterocycles. The summed E-state index contributed by atoms with van der Waals surface area (Å²) in [6.07, 6.45) is 4.86. The molecule has 1 fully saturated rings. The topological polar surface area (TPSA) is 95.0 Å². The van der Waals surface area contributed by atoms with Gasteiger partial charge >= 0.3 is 0 Å². The van der Waals surface area contributed by atoms with Crippen LogP contribution in [0, 0.1) is 0 Å². The minimum Gasteiger partial charge on any atom is -0.409 e. The highest BCUT2D eigenvalue weighted by molar-refractivity contribution is 5.95. The van der Waals surface area contributed by atoms with Gasteiger partial charge in [0.15, 0.2) is 5.84 Å². The Bertz CT molecular complexity index is 436. The molecule has 1 unspecified atom stereocenters. The van der Waals surface area contributed by atoms with E-state index in [2.05, 4.69) is 15.0 Å². The highest BCUT2D eigenvalue weighted by Gasteiger charge is 2.22. The molecule has 1 aliphatic heterocycles. The van der Waals surface area contributed by atoms with Crippen LogP contribution >= 0.6 is 0 Å². The Morgan fingerprint density at radius 1 is 1.56 bits per heavy atom. The first kappa shape index (κ1) is 12.6. The molecule has 2 rings (SSSR count). The fourth-order valence-corrected chi connectivity index (χ4v) is 2.32. The predicted molar refractivity (Wildman–Crippen MR) is 68.8 cm³/mol. The molecule has 1 aliphatic rings. The molecule has 6 nitrogen and oxygen atoms in total. The van der Waals surface area contributed by atoms with Gasteiger partial charge in [-0.3, -0.25) is 4.98 Å². The first-order chi connectivity index (χ1) is 8.76. The van der Waals surface area contributed by atoms with Crippen LogP contribution in [0.5, 0.6) is 0 Å². The monoisotopic (exact) mass is 250 g/mol. The number of aromatic nitrogens is 1. The lowest BCUT2D eigenvalue weighted by molar-refractivity contribution is 0.240. The molecule has 18 heavy (non-hydrogen) atoms. The van der Waals surface area contributed by atoms with Gasteiger partial charge in [0.2, 0.25) is 0 Å². The zero-order valence-electron chi connectivity index (χ0n) is 10.2. The molecular weight excluding hydrogens is 232 g/mol. The van der Waals surface area contributed by atoms with Crippen LogP contribution in [0.15, 0.2) is 23.5 Å². The summed E-state index contributed by atoms with van der Waals surface area (Å²) in [5.41, 5.74) is 6.92. The fourth-order valence-electron chi connectivity index (χ4n) is 2.32. The van der Waals surface area contributed by atoms with Crippen LogP contribution in [0.25, 0.3) is 0 Å². The third-order valence-electron chi connectivity index (χ3n) is 3.28. The predicted octanol–water partition coefficient (Wildman–Crippen LogP) is 0.527. The number of anilines is 1. The number of pyridine rings is 1. The summed E-state index contributed by atoms with van der Waals surface area (Å²) in [6.45, 7) is 1.05. The maximum atomic E-state index is 9.40. The van der Waals surface area contributed by atoms with Crippen LogP contribution in [0.4, 0.5) is 5.69 Å². The first-order valence-corrected chi connectivity index (χ1v) is 6.07. The number of oxime groups is 1. The van der Waals surface area contributed by atoms with E-state index < -0.39 is 0 Å². The number of piperidine rings is 1. The normalized spacial score (nSPS) is 21.1. The summed E-state index contributed by atoms with van der Waals surface area (Å²) in [6, 6.07) is 3.80. The van der Waals surface area contributed by atoms with Gasteiger partial charge in [0.25, 0.3) is 0 Å². The van der Waals surface area contributed by atoms with Gasteiger partial charge in [0.05, 0.1) is 12.6 Å². The van der Waals surface area contributed by atoms with E-state index in [1.54, 1.807) is 12.3 Å². The van der Waals surface area contributed by atoms with Crippen LogP contribution in [-0.2, 0) is 0 Å². The zero-order valence-corrected chi connectivity index (χ0v) is 10.2. The van der Waals surface area contributed by atoms with E-state index in [-0.39, 0.29) is 18.5 Å². The van der Waals surface area contributed by atoms with Gasteiger partial charge in [-0.15, -0.1) is 0 Å². The Hall–Kier alpha value is -1.82. The average Bonchev–Trinajstić information content (AvgIpc) is 2.46. The molecule has 2 heterocycles. The molecule has 0 amide bonds. The van der Waals surface area contributed by atoms with E-state index in [1.165, 1.54) is 0 Å². The molecule has 4 N–H and O–H groups in total. The molecule has 1 atom stereocenters. The van der Waals surface area contributed by atoms with Crippen molar-refractivity contribution < 1.29 is 10.3 Å². The quantitative estimate of drug-likeness (QED) is 0.315. The Morgan fingerprint density at radius 3 is 3.11 bits per heavy atom. The molecule has 1 aromatic rings. The van der Waals surface area contributed by atoms with Gasteiger partial charge in [-0.1, -0.05) is 5.16 Å². The van der Waals surface area contributed by atoms with E-state index >= 15 is 0 Å². The molecule has 0 radical (unpaired) electrons. The Balaban J connectivity index is 2.26. The van der Waals surface area contributed by atoms with Crippen LogP contribution < -0.4 is 10.6 Å². The summed E-state index contributed by atoms with van der Waals surface area (Å²) in [5, 5.41) is 21.0. The highest BCUT2D eigenvalue weighted by atomic mass is 16.4. The molecule has 1 saturated heterocycles. The van der Waals surface area contributed by atoms with Crippen molar-refractivity contribution in [3.63, 3.8) is 0 Å². The van der Waals surface area contributed by atoms with Gasteiger partial charge in [0.1, 0.15) is 5.69 Å². The lowest BCUT2D eigenvalue weighted by Crippen LogP contribution is -2.42. The van der Waals surface area contributed by atoms with Crippen molar-refractivity contribution in [2.45, 2.75) is 25.3 Å². The largest absolute Gasteiger partial charge is 0.409 e. The standard InChI is InChI=1S/C12H18N4O2/c13-12(15-18)11-7-9(4-5-14-11)16-6-2-1-3-10(16)8-17/h4-5,7,10,17-18H,1-3,6,8H2,(H2,13,15). The smallest absolute Gasteiger partial charge is 0.188 e. The Morgan fingerprint density at radius 2 is 2.39 bits per heavy atom. The highest BCUT2D eigenvalue weighted by Crippen LogP contribution is 2.24. The van der Waals surface area contributed by atoms with Crippen molar-refractivity contribution in [1.82, 2.24) is 4.98 Å². The molecular formula is C12H18N4O2. The van der Waals surface area contributed by atoms with Crippen LogP contribution in [0.1, 0.15) is 25.0 Å². The molecule has 98 valence electrons. The lowest BCUT2D eigenvalue weighted by atomic mass is 10.0. The zero-order chi connectivity index (χ0) is 13.0. The van der Waals surface area contributed by atoms with Gasteiger partial charge in [0, 0.05) is 18.4 Å². The molecule has 0 aliphatic carbocycles. The summed E-state index contributed by atoms with van der Waals surface area (Å²) in [5.74, 6) is -0.00518. The van der Waals surface area contributed by atoms with Gasteiger partial charge in [-0.05, 0) is 31.4 Å². The van der Waals surface area contributed by atoms with Crippen molar-refractivity contribution in [2.24, 2.45) is 10.9 Å². The molecule has 0 bridgehead atoms. The van der Waals surface area contributed by atoms with Crippen LogP contribution in [0.2, 0.25) is 0 Å². The number of aliphatic hydroxyl groups excluding tert-OH is 1. The number of nitrogens with zero attached hydrogens (tertiary/aromatic N) is 3. The van der Waals surface area contributed by atoms with E-state index in [4.69, 9.17) is 10.9 Å². The van der Waals surface area contributed by atoms with Crippen molar-refractivity contribution >= 4 is 11.5 Å². The maximum absolute atomic E-state index is 9.40. The number of amidine groups is 1. The van der Waals surface area contributed by atoms with Gasteiger partial charge in [-0.25, -0.2) is 0 Å². The first-order valence-electron chi connectivity index (χ1n) is 6.07. The summed E-state index contributed by atoms with van der Waals surface area (Å²) in [7, 11) is 0. The van der Waals surface area contributed by atoms with E-state index in [0.717, 1.165) is 31.5 Å². The van der Waals surface area contributed by atoms with Gasteiger partial charge in [-0.2, -0.15) is 0 Å². The van der Waals surface area contributed by atoms with Crippen molar-refractivity contribution in [3.8, 4) is 0 Å². The Kier molecular flexibility index (Phi) is 3.99.